The second-order valence-corrected chi connectivity index (χ2v) is 6.81. The summed E-state index contributed by atoms with van der Waals surface area (Å²) in [6.07, 6.45) is 0.169. The van der Waals surface area contributed by atoms with Crippen LogP contribution in [0, 0.1) is 0 Å². The van der Waals surface area contributed by atoms with Crippen LogP contribution < -0.4 is 10.1 Å². The molecular formula is C15H23Cl2NO2. The molecule has 1 aromatic rings. The minimum Gasteiger partial charge on any atom is -0.492 e. The smallest absolute Gasteiger partial charge is 0.142 e. The van der Waals surface area contributed by atoms with E-state index in [0.29, 0.717) is 35.4 Å². The number of hydrogen-bond donors (Lipinski definition) is 2. The van der Waals surface area contributed by atoms with Gasteiger partial charge in [-0.15, -0.1) is 0 Å². The number of rotatable bonds is 6. The van der Waals surface area contributed by atoms with Gasteiger partial charge in [-0.1, -0.05) is 23.2 Å². The van der Waals surface area contributed by atoms with Gasteiger partial charge in [0.05, 0.1) is 17.7 Å². The van der Waals surface area contributed by atoms with Gasteiger partial charge in [0.25, 0.3) is 0 Å². The number of aliphatic hydroxyl groups excluding tert-OH is 1. The van der Waals surface area contributed by atoms with E-state index in [4.69, 9.17) is 27.9 Å². The second kappa shape index (κ2) is 7.51. The molecule has 0 aromatic heterocycles. The van der Waals surface area contributed by atoms with Gasteiger partial charge in [-0.3, -0.25) is 0 Å². The third-order valence-electron chi connectivity index (χ3n) is 2.68. The third kappa shape index (κ3) is 6.31. The van der Waals surface area contributed by atoms with Crippen molar-refractivity contribution in [1.29, 1.82) is 0 Å². The fourth-order valence-electron chi connectivity index (χ4n) is 1.60. The van der Waals surface area contributed by atoms with Crippen molar-refractivity contribution in [3.8, 4) is 5.75 Å². The van der Waals surface area contributed by atoms with Crippen LogP contribution in [-0.2, 0) is 6.54 Å². The van der Waals surface area contributed by atoms with Gasteiger partial charge in [-0.05, 0) is 39.8 Å². The summed E-state index contributed by atoms with van der Waals surface area (Å²) in [6, 6.07) is 3.52. The fourth-order valence-corrected chi connectivity index (χ4v) is 2.19. The van der Waals surface area contributed by atoms with E-state index in [1.54, 1.807) is 13.0 Å². The van der Waals surface area contributed by atoms with Crippen LogP contribution >= 0.6 is 23.2 Å². The Balaban J connectivity index is 2.84. The first-order chi connectivity index (χ1) is 9.19. The molecule has 1 rings (SSSR count). The van der Waals surface area contributed by atoms with Gasteiger partial charge in [0.15, 0.2) is 0 Å². The second-order valence-electron chi connectivity index (χ2n) is 5.97. The van der Waals surface area contributed by atoms with E-state index in [1.165, 1.54) is 0 Å². The van der Waals surface area contributed by atoms with Gasteiger partial charge in [-0.2, -0.15) is 0 Å². The Labute approximate surface area is 131 Å². The average molecular weight is 320 g/mol. The highest BCUT2D eigenvalue weighted by Crippen LogP contribution is 2.33. The van der Waals surface area contributed by atoms with Gasteiger partial charge in [0.1, 0.15) is 5.75 Å². The van der Waals surface area contributed by atoms with Gasteiger partial charge in [0, 0.05) is 29.1 Å². The number of hydrogen-bond acceptors (Lipinski definition) is 3. The molecule has 0 radical (unpaired) electrons. The molecule has 0 amide bonds. The highest BCUT2D eigenvalue weighted by atomic mass is 35.5. The van der Waals surface area contributed by atoms with Gasteiger partial charge in [-0.25, -0.2) is 0 Å². The summed E-state index contributed by atoms with van der Waals surface area (Å²) in [5, 5.41) is 13.7. The number of benzene rings is 1. The average Bonchev–Trinajstić information content (AvgIpc) is 2.27. The monoisotopic (exact) mass is 319 g/mol. The Morgan fingerprint density at radius 2 is 1.95 bits per heavy atom. The highest BCUT2D eigenvalue weighted by molar-refractivity contribution is 6.35. The van der Waals surface area contributed by atoms with E-state index in [-0.39, 0.29) is 5.54 Å². The molecular weight excluding hydrogens is 297 g/mol. The maximum atomic E-state index is 9.28. The summed E-state index contributed by atoms with van der Waals surface area (Å²) in [4.78, 5) is 0. The van der Waals surface area contributed by atoms with Crippen molar-refractivity contribution >= 4 is 23.2 Å². The predicted octanol–water partition coefficient (Wildman–Crippen LogP) is 4.03. The first-order valence-electron chi connectivity index (χ1n) is 6.73. The van der Waals surface area contributed by atoms with Crippen molar-refractivity contribution in [1.82, 2.24) is 5.32 Å². The van der Waals surface area contributed by atoms with Crippen LogP contribution in [0.1, 0.15) is 39.7 Å². The maximum absolute atomic E-state index is 9.28. The largest absolute Gasteiger partial charge is 0.492 e. The molecule has 0 aliphatic heterocycles. The van der Waals surface area contributed by atoms with Crippen LogP contribution in [0.3, 0.4) is 0 Å². The van der Waals surface area contributed by atoms with E-state index >= 15 is 0 Å². The first-order valence-corrected chi connectivity index (χ1v) is 7.48. The van der Waals surface area contributed by atoms with Crippen molar-refractivity contribution in [3.63, 3.8) is 0 Å². The molecule has 0 saturated carbocycles. The lowest BCUT2D eigenvalue weighted by Crippen LogP contribution is -2.35. The summed E-state index contributed by atoms with van der Waals surface area (Å²) >= 11 is 12.2. The fraction of sp³-hybridized carbons (Fsp3) is 0.600. The number of nitrogens with one attached hydrogen (secondary N) is 1. The molecule has 0 aliphatic carbocycles. The molecule has 3 nitrogen and oxygen atoms in total. The normalized spacial score (nSPS) is 13.3. The quantitative estimate of drug-likeness (QED) is 0.831. The Kier molecular flexibility index (Phi) is 6.59. The minimum atomic E-state index is -0.391. The topological polar surface area (TPSA) is 41.5 Å². The van der Waals surface area contributed by atoms with Crippen molar-refractivity contribution in [2.24, 2.45) is 0 Å². The maximum Gasteiger partial charge on any atom is 0.142 e. The van der Waals surface area contributed by atoms with E-state index in [2.05, 4.69) is 26.1 Å². The molecule has 0 aliphatic rings. The van der Waals surface area contributed by atoms with E-state index < -0.39 is 6.10 Å². The van der Waals surface area contributed by atoms with Crippen LogP contribution in [0.4, 0.5) is 0 Å². The molecule has 0 fully saturated rings. The highest BCUT2D eigenvalue weighted by Gasteiger charge is 2.14. The lowest BCUT2D eigenvalue weighted by molar-refractivity contribution is 0.155. The number of halogens is 2. The molecule has 1 aromatic carbocycles. The summed E-state index contributed by atoms with van der Waals surface area (Å²) in [5.74, 6) is 0.633. The Morgan fingerprint density at radius 3 is 2.50 bits per heavy atom. The zero-order valence-corrected chi connectivity index (χ0v) is 14.0. The van der Waals surface area contributed by atoms with Crippen molar-refractivity contribution < 1.29 is 9.84 Å². The van der Waals surface area contributed by atoms with Gasteiger partial charge >= 0.3 is 0 Å². The van der Waals surface area contributed by atoms with Crippen LogP contribution in [0.25, 0.3) is 0 Å². The van der Waals surface area contributed by atoms with E-state index in [0.717, 1.165) is 5.56 Å². The molecule has 1 atom stereocenters. The molecule has 5 heteroatoms. The number of aliphatic hydroxyl groups is 1. The summed E-state index contributed by atoms with van der Waals surface area (Å²) in [5.41, 5.74) is 0.911. The summed E-state index contributed by atoms with van der Waals surface area (Å²) < 4.78 is 5.71. The molecule has 0 heterocycles. The molecule has 0 spiro atoms. The van der Waals surface area contributed by atoms with Gasteiger partial charge < -0.3 is 15.2 Å². The summed E-state index contributed by atoms with van der Waals surface area (Å²) in [7, 11) is 0. The van der Waals surface area contributed by atoms with Crippen LogP contribution in [-0.4, -0.2) is 23.4 Å². The Morgan fingerprint density at radius 1 is 1.30 bits per heavy atom. The van der Waals surface area contributed by atoms with Gasteiger partial charge in [0.2, 0.25) is 0 Å². The van der Waals surface area contributed by atoms with E-state index in [9.17, 15) is 5.11 Å². The Bertz CT molecular complexity index is 442. The zero-order valence-electron chi connectivity index (χ0n) is 12.5. The third-order valence-corrected chi connectivity index (χ3v) is 3.18. The summed E-state index contributed by atoms with van der Waals surface area (Å²) in [6.45, 7) is 9.04. The minimum absolute atomic E-state index is 0.00826. The lowest BCUT2D eigenvalue weighted by atomic mass is 10.1. The zero-order chi connectivity index (χ0) is 15.3. The molecule has 20 heavy (non-hydrogen) atoms. The van der Waals surface area contributed by atoms with Crippen molar-refractivity contribution in [3.05, 3.63) is 27.7 Å². The molecule has 0 bridgehead atoms. The van der Waals surface area contributed by atoms with E-state index in [1.807, 2.05) is 6.07 Å². The van der Waals surface area contributed by atoms with Crippen molar-refractivity contribution in [2.45, 2.75) is 52.3 Å². The van der Waals surface area contributed by atoms with Crippen LogP contribution in [0.2, 0.25) is 10.0 Å². The van der Waals surface area contributed by atoms with Crippen LogP contribution in [0.5, 0.6) is 5.75 Å². The lowest BCUT2D eigenvalue weighted by Gasteiger charge is -2.22. The molecule has 2 N–H and O–H groups in total. The SMILES string of the molecule is CC(O)CCOc1c(Cl)cc(Cl)cc1CNC(C)(C)C. The predicted molar refractivity (Wildman–Crippen MR) is 84.8 cm³/mol. The molecule has 0 saturated heterocycles. The number of ether oxygens (including phenoxy) is 1. The van der Waals surface area contributed by atoms with Crippen LogP contribution in [0.15, 0.2) is 12.1 Å². The molecule has 114 valence electrons. The van der Waals surface area contributed by atoms with Crippen molar-refractivity contribution in [2.75, 3.05) is 6.61 Å². The first kappa shape index (κ1) is 17.6. The Hall–Kier alpha value is -0.480. The standard InChI is InChI=1S/C15H23Cl2NO2/c1-10(19)5-6-20-14-11(9-18-15(2,3)4)7-12(16)8-13(14)17/h7-8,10,18-19H,5-6,9H2,1-4H3. The molecule has 1 unspecified atom stereocenters.